The average molecular weight is 636 g/mol. The zero-order valence-corrected chi connectivity index (χ0v) is 25.6. The summed E-state index contributed by atoms with van der Waals surface area (Å²) in [7, 11) is 1.56. The zero-order chi connectivity index (χ0) is 31.2. The van der Waals surface area contributed by atoms with Gasteiger partial charge < -0.3 is 24.1 Å². The van der Waals surface area contributed by atoms with E-state index in [2.05, 4.69) is 17.1 Å². The SMILES string of the molecule is C=C(C1=C(C(=O)OCc2ccc(OC)cc2)N2C(=O)[C@@H](NC(=O)CSc3ccccc3)[C@H]2SC1)c1cc(C(=O)OCC)no1. The van der Waals surface area contributed by atoms with Gasteiger partial charge in [-0.15, -0.1) is 23.5 Å². The molecule has 44 heavy (non-hydrogen) atoms. The third kappa shape index (κ3) is 6.68. The number of nitrogens with zero attached hydrogens (tertiary/aromatic N) is 2. The number of thioether (sulfide) groups is 2. The van der Waals surface area contributed by atoms with Gasteiger partial charge in [0.05, 0.1) is 19.5 Å². The highest BCUT2D eigenvalue weighted by Gasteiger charge is 2.54. The number of allylic oxidation sites excluding steroid dienone is 1. The van der Waals surface area contributed by atoms with Gasteiger partial charge in [-0.1, -0.05) is 42.1 Å². The quantitative estimate of drug-likeness (QED) is 0.175. The largest absolute Gasteiger partial charge is 0.497 e. The lowest BCUT2D eigenvalue weighted by Gasteiger charge is -2.49. The number of carbonyl (C=O) groups excluding carboxylic acids is 4. The van der Waals surface area contributed by atoms with E-state index in [1.165, 1.54) is 34.5 Å². The van der Waals surface area contributed by atoms with Gasteiger partial charge in [0.1, 0.15) is 29.5 Å². The summed E-state index contributed by atoms with van der Waals surface area (Å²) in [5.74, 6) is -0.981. The maximum absolute atomic E-state index is 13.6. The van der Waals surface area contributed by atoms with Gasteiger partial charge in [0.25, 0.3) is 5.91 Å². The Bertz CT molecular complexity index is 1600. The summed E-state index contributed by atoms with van der Waals surface area (Å²) in [6.45, 7) is 5.85. The number of methoxy groups -OCH3 is 1. The normalized spacial score (nSPS) is 17.3. The van der Waals surface area contributed by atoms with Crippen LogP contribution in [-0.2, 0) is 30.5 Å². The lowest BCUT2D eigenvalue weighted by atomic mass is 9.98. The molecule has 2 aliphatic heterocycles. The molecule has 11 nitrogen and oxygen atoms in total. The fraction of sp³-hybridized carbons (Fsp3) is 0.258. The van der Waals surface area contributed by atoms with Gasteiger partial charge in [0.15, 0.2) is 11.5 Å². The third-order valence-electron chi connectivity index (χ3n) is 6.78. The first-order chi connectivity index (χ1) is 21.3. The van der Waals surface area contributed by atoms with Gasteiger partial charge in [0, 0.05) is 27.9 Å². The molecule has 1 saturated heterocycles. The second kappa shape index (κ2) is 13.9. The summed E-state index contributed by atoms with van der Waals surface area (Å²) in [6, 6.07) is 17.0. The van der Waals surface area contributed by atoms with E-state index in [1.807, 2.05) is 30.3 Å². The Labute approximate surface area is 262 Å². The Morgan fingerprint density at radius 1 is 1.11 bits per heavy atom. The van der Waals surface area contributed by atoms with Crippen LogP contribution >= 0.6 is 23.5 Å². The van der Waals surface area contributed by atoms with E-state index < -0.39 is 29.3 Å². The van der Waals surface area contributed by atoms with Crippen molar-refractivity contribution in [3.8, 4) is 5.75 Å². The Hall–Kier alpha value is -4.49. The van der Waals surface area contributed by atoms with Gasteiger partial charge in [0.2, 0.25) is 5.91 Å². The van der Waals surface area contributed by atoms with Gasteiger partial charge in [-0.05, 0) is 36.8 Å². The highest BCUT2D eigenvalue weighted by Crippen LogP contribution is 2.44. The molecule has 0 bridgehead atoms. The first-order valence-corrected chi connectivity index (χ1v) is 15.6. The standard InChI is InChI=1S/C31H29N3O8S2/c1-4-40-30(37)23-14-24(42-33-23)18(2)22-16-44-29-26(32-25(35)17-43-21-8-6-5-7-9-21)28(36)34(29)27(22)31(38)41-15-19-10-12-20(39-3)13-11-19/h5-14,26,29H,2,4,15-17H2,1,3H3,(H,32,35)/t26-,29-/m1/s1. The Kier molecular flexibility index (Phi) is 9.75. The fourth-order valence-corrected chi connectivity index (χ4v) is 6.64. The topological polar surface area (TPSA) is 137 Å². The highest BCUT2D eigenvalue weighted by atomic mass is 32.2. The molecular formula is C31H29N3O8S2. The highest BCUT2D eigenvalue weighted by molar-refractivity contribution is 8.00. The summed E-state index contributed by atoms with van der Waals surface area (Å²) < 4.78 is 21.1. The van der Waals surface area contributed by atoms with Gasteiger partial charge >= 0.3 is 11.9 Å². The Balaban J connectivity index is 1.35. The van der Waals surface area contributed by atoms with Crippen molar-refractivity contribution >= 4 is 52.8 Å². The molecule has 3 heterocycles. The van der Waals surface area contributed by atoms with E-state index in [-0.39, 0.29) is 53.4 Å². The number of carbonyl (C=O) groups is 4. The monoisotopic (exact) mass is 635 g/mol. The predicted molar refractivity (Wildman–Crippen MR) is 163 cm³/mol. The summed E-state index contributed by atoms with van der Waals surface area (Å²) in [4.78, 5) is 54.2. The molecule has 0 unspecified atom stereocenters. The van der Waals surface area contributed by atoms with E-state index >= 15 is 0 Å². The predicted octanol–water partition coefficient (Wildman–Crippen LogP) is 4.06. The van der Waals surface area contributed by atoms with Crippen LogP contribution in [0.5, 0.6) is 5.75 Å². The van der Waals surface area contributed by atoms with Crippen molar-refractivity contribution in [3.63, 3.8) is 0 Å². The number of aromatic nitrogens is 1. The van der Waals surface area contributed by atoms with Crippen LogP contribution in [0.25, 0.3) is 5.57 Å². The van der Waals surface area contributed by atoms with E-state index in [1.54, 1.807) is 38.3 Å². The number of β-lactam (4-membered cyclic amide) rings is 1. The molecule has 2 amide bonds. The van der Waals surface area contributed by atoms with Gasteiger partial charge in [-0.2, -0.15) is 0 Å². The summed E-state index contributed by atoms with van der Waals surface area (Å²) >= 11 is 2.72. The lowest BCUT2D eigenvalue weighted by molar-refractivity contribution is -0.153. The molecule has 3 aromatic rings. The van der Waals surface area contributed by atoms with Crippen LogP contribution in [0.3, 0.4) is 0 Å². The summed E-state index contributed by atoms with van der Waals surface area (Å²) in [6.07, 6.45) is 0. The Morgan fingerprint density at radius 2 is 1.86 bits per heavy atom. The first kappa shape index (κ1) is 31.0. The fourth-order valence-electron chi connectivity index (χ4n) is 4.53. The van der Waals surface area contributed by atoms with E-state index in [0.717, 1.165) is 4.90 Å². The van der Waals surface area contributed by atoms with E-state index in [4.69, 9.17) is 18.7 Å². The number of hydrogen-bond acceptors (Lipinski definition) is 11. The third-order valence-corrected chi connectivity index (χ3v) is 9.07. The maximum Gasteiger partial charge on any atom is 0.360 e. The first-order valence-electron chi connectivity index (χ1n) is 13.6. The smallest absolute Gasteiger partial charge is 0.360 e. The second-order valence-electron chi connectivity index (χ2n) is 9.58. The molecule has 1 N–H and O–H groups in total. The second-order valence-corrected chi connectivity index (χ2v) is 11.7. The molecule has 228 valence electrons. The number of fused-ring (bicyclic) bond motifs is 1. The van der Waals surface area contributed by atoms with Crippen molar-refractivity contribution in [2.45, 2.75) is 29.8 Å². The molecule has 2 aromatic carbocycles. The van der Waals surface area contributed by atoms with Crippen LogP contribution < -0.4 is 10.1 Å². The zero-order valence-electron chi connectivity index (χ0n) is 23.9. The lowest BCUT2D eigenvalue weighted by Crippen LogP contribution is -2.70. The van der Waals surface area contributed by atoms with Gasteiger partial charge in [-0.3, -0.25) is 14.5 Å². The minimum absolute atomic E-state index is 0.00416. The number of ether oxygens (including phenoxy) is 3. The van der Waals surface area contributed by atoms with Crippen LogP contribution in [0.1, 0.15) is 28.7 Å². The minimum Gasteiger partial charge on any atom is -0.497 e. The average Bonchev–Trinajstić information content (AvgIpc) is 3.55. The Morgan fingerprint density at radius 3 is 2.57 bits per heavy atom. The molecule has 5 rings (SSSR count). The molecule has 0 aliphatic carbocycles. The van der Waals surface area contributed by atoms with E-state index in [9.17, 15) is 19.2 Å². The van der Waals surface area contributed by atoms with Crippen molar-refractivity contribution in [1.29, 1.82) is 0 Å². The minimum atomic E-state index is -0.816. The van der Waals surface area contributed by atoms with E-state index in [0.29, 0.717) is 16.9 Å². The summed E-state index contributed by atoms with van der Waals surface area (Å²) in [5.41, 5.74) is 1.30. The van der Waals surface area contributed by atoms with Crippen molar-refractivity contribution < 1.29 is 37.9 Å². The number of amides is 2. The number of rotatable bonds is 12. The molecule has 0 radical (unpaired) electrons. The van der Waals surface area contributed by atoms with Crippen molar-refractivity contribution in [3.05, 3.63) is 95.5 Å². The molecule has 0 saturated carbocycles. The number of benzene rings is 2. The van der Waals surface area contributed by atoms with Crippen molar-refractivity contribution in [1.82, 2.24) is 15.4 Å². The number of nitrogens with one attached hydrogen (secondary N) is 1. The molecule has 2 atom stereocenters. The molecule has 2 aliphatic rings. The van der Waals surface area contributed by atoms with Crippen LogP contribution in [0.4, 0.5) is 0 Å². The van der Waals surface area contributed by atoms with Crippen molar-refractivity contribution in [2.24, 2.45) is 0 Å². The maximum atomic E-state index is 13.6. The van der Waals surface area contributed by atoms with Crippen LogP contribution in [0.15, 0.2) is 87.9 Å². The van der Waals surface area contributed by atoms with Crippen LogP contribution in [0.2, 0.25) is 0 Å². The number of esters is 2. The van der Waals surface area contributed by atoms with Crippen LogP contribution in [0, 0.1) is 0 Å². The molecule has 0 spiro atoms. The molecule has 1 aromatic heterocycles. The van der Waals surface area contributed by atoms with Gasteiger partial charge in [-0.25, -0.2) is 9.59 Å². The molecule has 13 heteroatoms. The van der Waals surface area contributed by atoms with Crippen molar-refractivity contribution in [2.75, 3.05) is 25.2 Å². The van der Waals surface area contributed by atoms with Crippen LogP contribution in [-0.4, -0.2) is 70.4 Å². The molecule has 1 fully saturated rings. The summed E-state index contributed by atoms with van der Waals surface area (Å²) in [5, 5.41) is 6.04. The molecular weight excluding hydrogens is 606 g/mol. The number of hydrogen-bond donors (Lipinski definition) is 1.